The molecule has 366 valence electrons. The molecule has 8 aromatic rings. The van der Waals surface area contributed by atoms with Gasteiger partial charge in [-0.3, -0.25) is 4.90 Å². The molecule has 1 saturated heterocycles. The minimum Gasteiger partial charge on any atom is -0.489 e. The summed E-state index contributed by atoms with van der Waals surface area (Å²) in [5, 5.41) is 25.1. The Morgan fingerprint density at radius 3 is 1.12 bits per heavy atom. The number of aliphatic hydroxyl groups excluding tert-OH is 1. The van der Waals surface area contributed by atoms with Gasteiger partial charge in [-0.2, -0.15) is 0 Å². The highest BCUT2D eigenvalue weighted by Crippen LogP contribution is 2.41. The summed E-state index contributed by atoms with van der Waals surface area (Å²) in [4.78, 5) is 2.14. The highest BCUT2D eigenvalue weighted by atomic mass is 16.5. The van der Waals surface area contributed by atoms with Crippen molar-refractivity contribution >= 4 is 0 Å². The third-order valence-electron chi connectivity index (χ3n) is 12.9. The average Bonchev–Trinajstić information content (AvgIpc) is 4.02. The lowest BCUT2D eigenvalue weighted by Crippen LogP contribution is -2.45. The summed E-state index contributed by atoms with van der Waals surface area (Å²) in [5.74, 6) is 3.85. The molecule has 2 N–H and O–H groups in total. The molecule has 1 aliphatic carbocycles. The SMILES string of the molecule is OC([C@@H]1CN1CC1=C=CC=C1)C(O)(c1ccc(OCc2cc(OCc3ccccc3)cc(OCc3ccccc3)c2)cc1)c1ccc(OCc2cc(OCc3ccccc3)cc(OCc3ccccc3)c2)cc1. The van der Waals surface area contributed by atoms with E-state index in [1.807, 2.05) is 224 Å². The quantitative estimate of drug-likeness (QED) is 0.0453. The molecule has 2 aliphatic rings. The van der Waals surface area contributed by atoms with Crippen LogP contribution in [0.3, 0.4) is 0 Å². The van der Waals surface area contributed by atoms with Crippen LogP contribution in [0.15, 0.2) is 236 Å². The van der Waals surface area contributed by atoms with E-state index in [2.05, 4.69) is 10.6 Å². The van der Waals surface area contributed by atoms with Crippen LogP contribution in [-0.4, -0.2) is 40.3 Å². The standard InChI is InChI=1S/C64H57NO8/c66-63(62-40-65(62)39-47-15-13-14-16-47)64(67,54-25-29-56(30-26-54)68-45-52-33-58(70-41-48-17-5-1-6-18-48)37-59(34-52)71-42-49-19-7-2-8-20-49)55-27-31-57(32-28-55)69-46-53-35-60(72-43-50-21-9-3-10-22-50)38-61(36-53)73-44-51-23-11-4-12-24-51/h1-15,17-38,62-63,66-67H,39-46H2/t62-,63?,65?/m0/s1. The molecule has 8 aromatic carbocycles. The van der Waals surface area contributed by atoms with Gasteiger partial charge < -0.3 is 38.6 Å². The molecule has 0 radical (unpaired) electrons. The van der Waals surface area contributed by atoms with E-state index in [4.69, 9.17) is 28.4 Å². The number of benzene rings is 8. The largest absolute Gasteiger partial charge is 0.489 e. The first-order chi connectivity index (χ1) is 35.9. The van der Waals surface area contributed by atoms with Crippen LogP contribution >= 0.6 is 0 Å². The van der Waals surface area contributed by atoms with E-state index in [1.165, 1.54) is 0 Å². The molecule has 2 unspecified atom stereocenters. The smallest absolute Gasteiger partial charge is 0.142 e. The van der Waals surface area contributed by atoms with Gasteiger partial charge in [-0.05, 0) is 105 Å². The number of rotatable bonds is 24. The van der Waals surface area contributed by atoms with Crippen molar-refractivity contribution in [3.8, 4) is 34.5 Å². The van der Waals surface area contributed by atoms with E-state index in [9.17, 15) is 10.2 Å². The van der Waals surface area contributed by atoms with E-state index in [0.717, 1.165) is 39.0 Å². The molecule has 10 rings (SSSR count). The topological polar surface area (TPSA) is 98.9 Å². The Morgan fingerprint density at radius 1 is 0.438 bits per heavy atom. The fraction of sp³-hybridized carbons (Fsp3) is 0.172. The van der Waals surface area contributed by atoms with Crippen molar-refractivity contribution in [2.45, 2.75) is 57.4 Å². The third-order valence-corrected chi connectivity index (χ3v) is 12.9. The maximum absolute atomic E-state index is 12.9. The zero-order chi connectivity index (χ0) is 49.7. The summed E-state index contributed by atoms with van der Waals surface area (Å²) in [6.07, 6.45) is 4.70. The summed E-state index contributed by atoms with van der Waals surface area (Å²) in [5.41, 5.74) is 9.52. The van der Waals surface area contributed by atoms with Crippen LogP contribution in [0.4, 0.5) is 0 Å². The Morgan fingerprint density at radius 2 is 0.781 bits per heavy atom. The number of ether oxygens (including phenoxy) is 6. The van der Waals surface area contributed by atoms with Gasteiger partial charge in [-0.25, -0.2) is 0 Å². The van der Waals surface area contributed by atoms with Gasteiger partial charge in [0.2, 0.25) is 0 Å². The van der Waals surface area contributed by atoms with E-state index in [1.54, 1.807) is 0 Å². The number of aliphatic hydroxyl groups is 2. The van der Waals surface area contributed by atoms with Gasteiger partial charge in [-0.15, -0.1) is 5.73 Å². The van der Waals surface area contributed by atoms with Gasteiger partial charge in [0.25, 0.3) is 0 Å². The van der Waals surface area contributed by atoms with Crippen LogP contribution in [0.1, 0.15) is 44.5 Å². The molecular formula is C64H57NO8. The van der Waals surface area contributed by atoms with Crippen LogP contribution in [-0.2, 0) is 45.2 Å². The predicted molar refractivity (Wildman–Crippen MR) is 283 cm³/mol. The van der Waals surface area contributed by atoms with Crippen molar-refractivity contribution in [3.05, 3.63) is 280 Å². The maximum Gasteiger partial charge on any atom is 0.142 e. The summed E-state index contributed by atoms with van der Waals surface area (Å²) < 4.78 is 37.7. The van der Waals surface area contributed by atoms with Crippen molar-refractivity contribution in [1.82, 2.24) is 4.90 Å². The first-order valence-corrected chi connectivity index (χ1v) is 24.6. The molecule has 3 atom stereocenters. The molecule has 0 aromatic heterocycles. The highest BCUT2D eigenvalue weighted by molar-refractivity contribution is 5.45. The maximum atomic E-state index is 12.9. The monoisotopic (exact) mass is 967 g/mol. The van der Waals surface area contributed by atoms with E-state index < -0.39 is 11.7 Å². The number of hydrogen-bond donors (Lipinski definition) is 2. The molecule has 1 heterocycles. The Bertz CT molecular complexity index is 2830. The second-order valence-electron chi connectivity index (χ2n) is 18.3. The number of hydrogen-bond acceptors (Lipinski definition) is 9. The first kappa shape index (κ1) is 48.3. The van der Waals surface area contributed by atoms with Crippen LogP contribution in [0.25, 0.3) is 0 Å². The minimum absolute atomic E-state index is 0.237. The molecule has 0 saturated carbocycles. The van der Waals surface area contributed by atoms with Crippen LogP contribution in [0.2, 0.25) is 0 Å². The van der Waals surface area contributed by atoms with E-state index in [0.29, 0.717) is 85.1 Å². The molecule has 73 heavy (non-hydrogen) atoms. The van der Waals surface area contributed by atoms with Crippen LogP contribution < -0.4 is 28.4 Å². The van der Waals surface area contributed by atoms with Gasteiger partial charge in [0.15, 0.2) is 0 Å². The zero-order valence-electron chi connectivity index (χ0n) is 40.5. The Labute approximate surface area is 427 Å². The molecular weight excluding hydrogens is 911 g/mol. The molecule has 0 spiro atoms. The van der Waals surface area contributed by atoms with E-state index >= 15 is 0 Å². The van der Waals surface area contributed by atoms with Gasteiger partial charge in [0.1, 0.15) is 85.8 Å². The molecule has 9 heteroatoms. The zero-order valence-corrected chi connectivity index (χ0v) is 40.5. The third kappa shape index (κ3) is 13.0. The number of nitrogens with zero attached hydrogens (tertiary/aromatic N) is 1. The van der Waals surface area contributed by atoms with Crippen molar-refractivity contribution < 1.29 is 38.6 Å². The number of allylic oxidation sites excluding steroid dienone is 1. The Kier molecular flexibility index (Phi) is 15.4. The average molecular weight is 968 g/mol. The summed E-state index contributed by atoms with van der Waals surface area (Å²) >= 11 is 0. The molecule has 9 nitrogen and oxygen atoms in total. The van der Waals surface area contributed by atoms with Crippen molar-refractivity contribution in [2.24, 2.45) is 0 Å². The van der Waals surface area contributed by atoms with Gasteiger partial charge in [-0.1, -0.05) is 152 Å². The Balaban J connectivity index is 0.850. The van der Waals surface area contributed by atoms with Crippen molar-refractivity contribution in [3.63, 3.8) is 0 Å². The predicted octanol–water partition coefficient (Wildman–Crippen LogP) is 12.1. The molecule has 0 amide bonds. The van der Waals surface area contributed by atoms with Crippen molar-refractivity contribution in [1.29, 1.82) is 0 Å². The second kappa shape index (κ2) is 23.3. The summed E-state index contributed by atoms with van der Waals surface area (Å²) in [7, 11) is 0. The fourth-order valence-corrected chi connectivity index (χ4v) is 8.81. The lowest BCUT2D eigenvalue weighted by molar-refractivity contribution is -0.0547. The normalized spacial score (nSPS) is 15.0. The fourth-order valence-electron chi connectivity index (χ4n) is 8.81. The van der Waals surface area contributed by atoms with Crippen LogP contribution in [0, 0.1) is 0 Å². The first-order valence-electron chi connectivity index (χ1n) is 24.6. The molecule has 1 fully saturated rings. The van der Waals surface area contributed by atoms with Gasteiger partial charge >= 0.3 is 0 Å². The highest BCUT2D eigenvalue weighted by Gasteiger charge is 2.51. The van der Waals surface area contributed by atoms with Crippen LogP contribution in [0.5, 0.6) is 34.5 Å². The van der Waals surface area contributed by atoms with Gasteiger partial charge in [0, 0.05) is 30.8 Å². The lowest BCUT2D eigenvalue weighted by atomic mass is 9.80. The molecule has 1 aliphatic heterocycles. The van der Waals surface area contributed by atoms with E-state index in [-0.39, 0.29) is 19.3 Å². The van der Waals surface area contributed by atoms with Gasteiger partial charge in [0.05, 0.1) is 6.04 Å². The summed E-state index contributed by atoms with van der Waals surface area (Å²) in [6, 6.07) is 66.1. The Hall–Kier alpha value is -8.30. The summed E-state index contributed by atoms with van der Waals surface area (Å²) in [6.45, 7) is 3.36. The molecule has 0 bridgehead atoms. The minimum atomic E-state index is -1.78. The van der Waals surface area contributed by atoms with Crippen molar-refractivity contribution in [2.75, 3.05) is 13.1 Å². The second-order valence-corrected chi connectivity index (χ2v) is 18.3. The lowest BCUT2D eigenvalue weighted by Gasteiger charge is -2.34.